The van der Waals surface area contributed by atoms with E-state index in [4.69, 9.17) is 0 Å². The molecule has 0 aromatic carbocycles. The van der Waals surface area contributed by atoms with Crippen LogP contribution in [0, 0.1) is 23.7 Å². The van der Waals surface area contributed by atoms with Gasteiger partial charge in [0.2, 0.25) is 5.95 Å². The largest absolute Gasteiger partial charge is 0.350 e. The molecule has 3 saturated carbocycles. The molecule has 0 spiro atoms. The first-order valence-corrected chi connectivity index (χ1v) is 5.83. The molecular weight excluding hydrogens is 190 g/mol. The van der Waals surface area contributed by atoms with Crippen LogP contribution in [-0.4, -0.2) is 26.2 Å². The van der Waals surface area contributed by atoms with Gasteiger partial charge in [0.25, 0.3) is 0 Å². The number of aromatic nitrogens is 4. The molecule has 1 aromatic rings. The Morgan fingerprint density at radius 1 is 1.27 bits per heavy atom. The van der Waals surface area contributed by atoms with Crippen molar-refractivity contribution in [2.75, 3.05) is 5.32 Å². The molecule has 0 radical (unpaired) electrons. The fourth-order valence-electron chi connectivity index (χ4n) is 4.02. The first-order valence-electron chi connectivity index (χ1n) is 5.83. The first kappa shape index (κ1) is 8.07. The van der Waals surface area contributed by atoms with Gasteiger partial charge in [0.1, 0.15) is 0 Å². The van der Waals surface area contributed by atoms with E-state index >= 15 is 0 Å². The Morgan fingerprint density at radius 2 is 2.00 bits per heavy atom. The van der Waals surface area contributed by atoms with Crippen molar-refractivity contribution >= 4 is 5.95 Å². The van der Waals surface area contributed by atoms with Crippen molar-refractivity contribution < 1.29 is 0 Å². The van der Waals surface area contributed by atoms with Crippen LogP contribution in [0.2, 0.25) is 0 Å². The van der Waals surface area contributed by atoms with Gasteiger partial charge in [0.05, 0.1) is 0 Å². The van der Waals surface area contributed by atoms with Crippen LogP contribution < -0.4 is 5.32 Å². The lowest BCUT2D eigenvalue weighted by molar-refractivity contribution is 0.456. The van der Waals surface area contributed by atoms with Crippen molar-refractivity contribution in [1.82, 2.24) is 20.2 Å². The number of nitrogens with zero attached hydrogens (tertiary/aromatic N) is 4. The predicted molar refractivity (Wildman–Crippen MR) is 54.0 cm³/mol. The minimum atomic E-state index is 0.668. The Bertz CT molecular complexity index is 384. The third-order valence-electron chi connectivity index (χ3n) is 4.65. The van der Waals surface area contributed by atoms with Gasteiger partial charge in [-0.2, -0.15) is 0 Å². The van der Waals surface area contributed by atoms with Crippen molar-refractivity contribution in [1.29, 1.82) is 0 Å². The Kier molecular flexibility index (Phi) is 1.35. The summed E-state index contributed by atoms with van der Waals surface area (Å²) in [6, 6.07) is 0.668. The number of nitrogens with one attached hydrogen (secondary N) is 1. The molecule has 4 rings (SSSR count). The van der Waals surface area contributed by atoms with E-state index in [9.17, 15) is 0 Å². The minimum Gasteiger partial charge on any atom is -0.350 e. The van der Waals surface area contributed by atoms with Gasteiger partial charge >= 0.3 is 0 Å². The highest BCUT2D eigenvalue weighted by Crippen LogP contribution is 2.66. The van der Waals surface area contributed by atoms with E-state index in [0.29, 0.717) is 6.04 Å². The lowest BCUT2D eigenvalue weighted by Gasteiger charge is -2.09. The van der Waals surface area contributed by atoms with Gasteiger partial charge in [-0.1, -0.05) is 5.10 Å². The lowest BCUT2D eigenvalue weighted by Crippen LogP contribution is -2.15. The van der Waals surface area contributed by atoms with Crippen molar-refractivity contribution in [2.45, 2.75) is 25.3 Å². The molecule has 0 aliphatic heterocycles. The Balaban J connectivity index is 1.52. The molecule has 2 bridgehead atoms. The number of anilines is 1. The van der Waals surface area contributed by atoms with Gasteiger partial charge in [0, 0.05) is 13.1 Å². The standard InChI is InChI=1S/C10H15N5/c1-15-10(12-13-14-15)11-9-7-5-2-3-6(4-5)8(7)9/h5-9H,2-4H2,1H3,(H,11,12,14). The van der Waals surface area contributed by atoms with Gasteiger partial charge < -0.3 is 5.32 Å². The third-order valence-corrected chi connectivity index (χ3v) is 4.65. The monoisotopic (exact) mass is 205 g/mol. The maximum atomic E-state index is 3.98. The molecule has 3 fully saturated rings. The summed E-state index contributed by atoms with van der Waals surface area (Å²) in [5.74, 6) is 4.69. The second kappa shape index (κ2) is 2.51. The zero-order valence-electron chi connectivity index (χ0n) is 8.80. The van der Waals surface area contributed by atoms with Crippen LogP contribution in [0.1, 0.15) is 19.3 Å². The molecule has 4 unspecified atom stereocenters. The van der Waals surface area contributed by atoms with E-state index in [-0.39, 0.29) is 0 Å². The fraction of sp³-hybridized carbons (Fsp3) is 0.900. The fourth-order valence-corrected chi connectivity index (χ4v) is 4.02. The molecular formula is C10H15N5. The first-order chi connectivity index (χ1) is 7.34. The zero-order valence-corrected chi connectivity index (χ0v) is 8.80. The van der Waals surface area contributed by atoms with Crippen LogP contribution in [-0.2, 0) is 7.05 Å². The summed E-state index contributed by atoms with van der Waals surface area (Å²) < 4.78 is 1.72. The summed E-state index contributed by atoms with van der Waals surface area (Å²) in [6.45, 7) is 0. The summed E-state index contributed by atoms with van der Waals surface area (Å²) in [5, 5.41) is 15.0. The number of aryl methyl sites for hydroxylation is 1. The number of hydrogen-bond donors (Lipinski definition) is 1. The van der Waals surface area contributed by atoms with Crippen LogP contribution in [0.5, 0.6) is 0 Å². The molecule has 3 aliphatic rings. The maximum absolute atomic E-state index is 3.98. The molecule has 80 valence electrons. The molecule has 0 amide bonds. The summed E-state index contributed by atoms with van der Waals surface area (Å²) in [4.78, 5) is 0. The highest BCUT2D eigenvalue weighted by Gasteiger charge is 2.65. The quantitative estimate of drug-likeness (QED) is 0.771. The average molecular weight is 205 g/mol. The Hall–Kier alpha value is -1.13. The SMILES string of the molecule is Cn1nnnc1NC1C2C3CCC(C3)C12. The molecule has 15 heavy (non-hydrogen) atoms. The van der Waals surface area contributed by atoms with E-state index in [1.807, 2.05) is 7.05 Å². The smallest absolute Gasteiger partial charge is 0.242 e. The molecule has 1 aromatic heterocycles. The van der Waals surface area contributed by atoms with Crippen molar-refractivity contribution in [3.05, 3.63) is 0 Å². The van der Waals surface area contributed by atoms with E-state index in [1.165, 1.54) is 19.3 Å². The van der Waals surface area contributed by atoms with E-state index in [0.717, 1.165) is 29.6 Å². The second-order valence-electron chi connectivity index (χ2n) is 5.28. The van der Waals surface area contributed by atoms with Crippen LogP contribution in [0.3, 0.4) is 0 Å². The zero-order chi connectivity index (χ0) is 9.99. The number of rotatable bonds is 2. The maximum Gasteiger partial charge on any atom is 0.242 e. The number of fused-ring (bicyclic) bond motifs is 5. The van der Waals surface area contributed by atoms with Gasteiger partial charge in [-0.3, -0.25) is 0 Å². The molecule has 0 saturated heterocycles. The molecule has 3 aliphatic carbocycles. The van der Waals surface area contributed by atoms with Gasteiger partial charge in [-0.25, -0.2) is 4.68 Å². The summed E-state index contributed by atoms with van der Waals surface area (Å²) in [7, 11) is 1.88. The van der Waals surface area contributed by atoms with Gasteiger partial charge in [0.15, 0.2) is 0 Å². The molecule has 1 heterocycles. The van der Waals surface area contributed by atoms with E-state index < -0.39 is 0 Å². The van der Waals surface area contributed by atoms with E-state index in [1.54, 1.807) is 4.68 Å². The van der Waals surface area contributed by atoms with Crippen molar-refractivity contribution in [2.24, 2.45) is 30.7 Å². The van der Waals surface area contributed by atoms with Crippen LogP contribution in [0.4, 0.5) is 5.95 Å². The summed E-state index contributed by atoms with van der Waals surface area (Å²) in [6.07, 6.45) is 4.41. The molecule has 5 heteroatoms. The third kappa shape index (κ3) is 0.957. The normalized spacial score (nSPS) is 45.5. The Labute approximate surface area is 88.2 Å². The minimum absolute atomic E-state index is 0.668. The van der Waals surface area contributed by atoms with E-state index in [2.05, 4.69) is 20.8 Å². The average Bonchev–Trinajstić information content (AvgIpc) is 2.62. The number of hydrogen-bond acceptors (Lipinski definition) is 4. The van der Waals surface area contributed by atoms with Crippen LogP contribution in [0.15, 0.2) is 0 Å². The van der Waals surface area contributed by atoms with Crippen LogP contribution >= 0.6 is 0 Å². The molecule has 4 atom stereocenters. The summed E-state index contributed by atoms with van der Waals surface area (Å²) in [5.41, 5.74) is 0. The van der Waals surface area contributed by atoms with Crippen LogP contribution in [0.25, 0.3) is 0 Å². The second-order valence-corrected chi connectivity index (χ2v) is 5.28. The Morgan fingerprint density at radius 3 is 2.60 bits per heavy atom. The predicted octanol–water partition coefficient (Wildman–Crippen LogP) is 0.666. The summed E-state index contributed by atoms with van der Waals surface area (Å²) >= 11 is 0. The van der Waals surface area contributed by atoms with Crippen molar-refractivity contribution in [3.63, 3.8) is 0 Å². The van der Waals surface area contributed by atoms with Crippen molar-refractivity contribution in [3.8, 4) is 0 Å². The molecule has 5 nitrogen and oxygen atoms in total. The molecule has 1 N–H and O–H groups in total. The topological polar surface area (TPSA) is 55.6 Å². The van der Waals surface area contributed by atoms with Gasteiger partial charge in [-0.05, 0) is 53.4 Å². The lowest BCUT2D eigenvalue weighted by atomic mass is 10.0. The highest BCUT2D eigenvalue weighted by atomic mass is 15.6. The number of tetrazole rings is 1. The highest BCUT2D eigenvalue weighted by molar-refractivity contribution is 5.33. The van der Waals surface area contributed by atoms with Gasteiger partial charge in [-0.15, -0.1) is 0 Å².